The molecular formula is C14H12Cl2IN3. The number of nitrogens with one attached hydrogen (secondary N) is 1. The van der Waals surface area contributed by atoms with Gasteiger partial charge in [-0.1, -0.05) is 29.3 Å². The number of aromatic nitrogens is 2. The summed E-state index contributed by atoms with van der Waals surface area (Å²) in [6, 6.07) is 5.43. The zero-order valence-corrected chi connectivity index (χ0v) is 14.4. The van der Waals surface area contributed by atoms with Crippen LogP contribution < -0.4 is 5.32 Å². The predicted molar refractivity (Wildman–Crippen MR) is 91.7 cm³/mol. The lowest BCUT2D eigenvalue weighted by molar-refractivity contribution is 0.979. The number of hydrogen-bond acceptors (Lipinski definition) is 3. The highest BCUT2D eigenvalue weighted by atomic mass is 127. The summed E-state index contributed by atoms with van der Waals surface area (Å²) in [5.74, 6) is 1.96. The molecule has 0 aliphatic heterocycles. The lowest BCUT2D eigenvalue weighted by atomic mass is 10.2. The van der Waals surface area contributed by atoms with Crippen molar-refractivity contribution in [2.24, 2.45) is 0 Å². The number of rotatable bonds is 3. The average molecular weight is 420 g/mol. The molecule has 3 nitrogen and oxygen atoms in total. The van der Waals surface area contributed by atoms with Crippen LogP contribution in [0.15, 0.2) is 18.2 Å². The van der Waals surface area contributed by atoms with E-state index in [1.807, 2.05) is 13.1 Å². The molecule has 1 saturated carbocycles. The average Bonchev–Trinajstić information content (AvgIpc) is 3.24. The summed E-state index contributed by atoms with van der Waals surface area (Å²) >= 11 is 14.8. The Bertz CT molecular complexity index is 651. The molecule has 6 heteroatoms. The topological polar surface area (TPSA) is 37.8 Å². The van der Waals surface area contributed by atoms with Crippen molar-refractivity contribution in [1.82, 2.24) is 9.97 Å². The third-order valence-electron chi connectivity index (χ3n) is 3.26. The van der Waals surface area contributed by atoms with Crippen LogP contribution in [0.1, 0.15) is 24.5 Å². The third-order valence-corrected chi connectivity index (χ3v) is 4.96. The van der Waals surface area contributed by atoms with Gasteiger partial charge >= 0.3 is 0 Å². The summed E-state index contributed by atoms with van der Waals surface area (Å²) < 4.78 is 1.08. The fraction of sp³-hybridized carbons (Fsp3) is 0.286. The summed E-state index contributed by atoms with van der Waals surface area (Å²) in [6.07, 6.45) is 2.37. The SMILES string of the molecule is CNc1nc(-c2c(Cl)cccc2Cl)nc(C2CC2)c1I. The molecule has 0 saturated heterocycles. The standard InChI is InChI=1S/C14H12Cl2IN3/c1-18-14-11(17)12(7-5-6-7)19-13(20-14)10-8(15)3-2-4-9(10)16/h2-4,7H,5-6H2,1H3,(H,18,19,20). The second-order valence-corrected chi connectivity index (χ2v) is 6.61. The molecule has 20 heavy (non-hydrogen) atoms. The Morgan fingerprint density at radius 3 is 2.40 bits per heavy atom. The van der Waals surface area contributed by atoms with Crippen LogP contribution in [-0.4, -0.2) is 17.0 Å². The van der Waals surface area contributed by atoms with Crippen LogP contribution in [0.5, 0.6) is 0 Å². The molecule has 2 aromatic rings. The van der Waals surface area contributed by atoms with Gasteiger partial charge < -0.3 is 5.32 Å². The van der Waals surface area contributed by atoms with Crippen LogP contribution in [0.4, 0.5) is 5.82 Å². The van der Waals surface area contributed by atoms with Crippen molar-refractivity contribution in [3.63, 3.8) is 0 Å². The lowest BCUT2D eigenvalue weighted by Crippen LogP contribution is -2.05. The van der Waals surface area contributed by atoms with Crippen LogP contribution in [0.25, 0.3) is 11.4 Å². The second-order valence-electron chi connectivity index (χ2n) is 4.72. The van der Waals surface area contributed by atoms with Crippen molar-refractivity contribution in [2.75, 3.05) is 12.4 Å². The van der Waals surface area contributed by atoms with Crippen LogP contribution in [0.3, 0.4) is 0 Å². The lowest BCUT2D eigenvalue weighted by Gasteiger charge is -2.12. The fourth-order valence-electron chi connectivity index (χ4n) is 2.08. The number of benzene rings is 1. The summed E-state index contributed by atoms with van der Waals surface area (Å²) in [4.78, 5) is 9.26. The van der Waals surface area contributed by atoms with E-state index in [9.17, 15) is 0 Å². The van der Waals surface area contributed by atoms with E-state index in [-0.39, 0.29) is 0 Å². The molecule has 1 aromatic carbocycles. The molecule has 1 N–H and O–H groups in total. The molecule has 3 rings (SSSR count). The molecule has 0 amide bonds. The molecule has 0 spiro atoms. The quantitative estimate of drug-likeness (QED) is 0.713. The van der Waals surface area contributed by atoms with Gasteiger partial charge in [-0.2, -0.15) is 0 Å². The Labute approximate surface area is 141 Å². The van der Waals surface area contributed by atoms with Crippen molar-refractivity contribution in [3.8, 4) is 11.4 Å². The molecule has 0 atom stereocenters. The maximum Gasteiger partial charge on any atom is 0.164 e. The first-order valence-corrected chi connectivity index (χ1v) is 8.15. The second kappa shape index (κ2) is 5.66. The van der Waals surface area contributed by atoms with E-state index in [1.165, 1.54) is 12.8 Å². The van der Waals surface area contributed by atoms with Crippen molar-refractivity contribution in [3.05, 3.63) is 37.5 Å². The number of nitrogens with zero attached hydrogens (tertiary/aromatic N) is 2. The van der Waals surface area contributed by atoms with Crippen molar-refractivity contribution in [2.45, 2.75) is 18.8 Å². The molecule has 1 heterocycles. The van der Waals surface area contributed by atoms with Crippen molar-refractivity contribution < 1.29 is 0 Å². The van der Waals surface area contributed by atoms with E-state index >= 15 is 0 Å². The summed E-state index contributed by atoms with van der Waals surface area (Å²) in [6.45, 7) is 0. The van der Waals surface area contributed by atoms with Gasteiger partial charge in [0, 0.05) is 13.0 Å². The van der Waals surface area contributed by atoms with Gasteiger partial charge in [0.25, 0.3) is 0 Å². The molecule has 1 fully saturated rings. The Balaban J connectivity index is 2.21. The molecule has 1 aliphatic rings. The van der Waals surface area contributed by atoms with Crippen LogP contribution in [0.2, 0.25) is 10.0 Å². The van der Waals surface area contributed by atoms with Crippen molar-refractivity contribution in [1.29, 1.82) is 0 Å². The normalized spacial score (nSPS) is 14.4. The first kappa shape index (κ1) is 14.4. The largest absolute Gasteiger partial charge is 0.372 e. The van der Waals surface area contributed by atoms with Gasteiger partial charge in [0.2, 0.25) is 0 Å². The Kier molecular flexibility index (Phi) is 4.06. The number of halogens is 3. The van der Waals surface area contributed by atoms with Gasteiger partial charge in [-0.05, 0) is 47.6 Å². The summed E-state index contributed by atoms with van der Waals surface area (Å²) in [5.41, 5.74) is 1.79. The molecule has 0 bridgehead atoms. The molecule has 1 aromatic heterocycles. The van der Waals surface area contributed by atoms with Crippen LogP contribution >= 0.6 is 45.8 Å². The molecule has 0 radical (unpaired) electrons. The monoisotopic (exact) mass is 419 g/mol. The Morgan fingerprint density at radius 2 is 1.85 bits per heavy atom. The number of hydrogen-bond donors (Lipinski definition) is 1. The molecular weight excluding hydrogens is 408 g/mol. The highest BCUT2D eigenvalue weighted by molar-refractivity contribution is 14.1. The third kappa shape index (κ3) is 2.61. The predicted octanol–water partition coefficient (Wildman–Crippen LogP) is 4.97. The van der Waals surface area contributed by atoms with Crippen LogP contribution in [-0.2, 0) is 0 Å². The van der Waals surface area contributed by atoms with Gasteiger partial charge in [0.1, 0.15) is 5.82 Å². The maximum atomic E-state index is 6.26. The highest BCUT2D eigenvalue weighted by Crippen LogP contribution is 2.43. The Morgan fingerprint density at radius 1 is 1.20 bits per heavy atom. The summed E-state index contributed by atoms with van der Waals surface area (Å²) in [7, 11) is 1.86. The van der Waals surface area contributed by atoms with E-state index in [1.54, 1.807) is 12.1 Å². The van der Waals surface area contributed by atoms with E-state index in [0.717, 1.165) is 15.1 Å². The van der Waals surface area contributed by atoms with Gasteiger partial charge in [0.15, 0.2) is 5.82 Å². The van der Waals surface area contributed by atoms with Gasteiger partial charge in [-0.3, -0.25) is 0 Å². The fourth-order valence-corrected chi connectivity index (χ4v) is 3.60. The molecule has 0 unspecified atom stereocenters. The zero-order chi connectivity index (χ0) is 14.3. The number of anilines is 1. The first-order valence-electron chi connectivity index (χ1n) is 6.31. The van der Waals surface area contributed by atoms with E-state index in [0.29, 0.717) is 27.4 Å². The minimum atomic E-state index is 0.539. The van der Waals surface area contributed by atoms with Gasteiger partial charge in [0.05, 0.1) is 24.9 Å². The first-order chi connectivity index (χ1) is 9.61. The van der Waals surface area contributed by atoms with Gasteiger partial charge in [-0.15, -0.1) is 0 Å². The van der Waals surface area contributed by atoms with Crippen LogP contribution in [0, 0.1) is 3.57 Å². The van der Waals surface area contributed by atoms with E-state index < -0.39 is 0 Å². The van der Waals surface area contributed by atoms with E-state index in [4.69, 9.17) is 28.2 Å². The maximum absolute atomic E-state index is 6.26. The molecule has 1 aliphatic carbocycles. The van der Waals surface area contributed by atoms with Gasteiger partial charge in [-0.25, -0.2) is 9.97 Å². The van der Waals surface area contributed by atoms with Crippen molar-refractivity contribution >= 4 is 51.6 Å². The zero-order valence-electron chi connectivity index (χ0n) is 10.8. The molecule has 104 valence electrons. The highest BCUT2D eigenvalue weighted by Gasteiger charge is 2.30. The van der Waals surface area contributed by atoms with E-state index in [2.05, 4.69) is 32.9 Å². The summed E-state index contributed by atoms with van der Waals surface area (Å²) in [5, 5.41) is 4.27. The Hall–Kier alpha value is -0.590. The minimum absolute atomic E-state index is 0.539. The minimum Gasteiger partial charge on any atom is -0.372 e. The smallest absolute Gasteiger partial charge is 0.164 e.